The molecule has 1 atom stereocenters. The topological polar surface area (TPSA) is 143 Å². The van der Waals surface area contributed by atoms with Gasteiger partial charge in [-0.2, -0.15) is 0 Å². The van der Waals surface area contributed by atoms with Gasteiger partial charge in [-0.3, -0.25) is 9.59 Å². The molecule has 0 aromatic heterocycles. The summed E-state index contributed by atoms with van der Waals surface area (Å²) >= 11 is 0. The number of nitrogens with one attached hydrogen (secondary N) is 4. The number of sulfonamides is 1. The van der Waals surface area contributed by atoms with E-state index < -0.39 is 39.2 Å². The van der Waals surface area contributed by atoms with Crippen molar-refractivity contribution >= 4 is 27.9 Å². The van der Waals surface area contributed by atoms with Crippen LogP contribution in [0.5, 0.6) is 0 Å². The average Bonchev–Trinajstić information content (AvgIpc) is 3.10. The summed E-state index contributed by atoms with van der Waals surface area (Å²) in [6.07, 6.45) is 9.63. The summed E-state index contributed by atoms with van der Waals surface area (Å²) in [7, 11) is -3.80. The average molecular weight is 563 g/mol. The Balaban J connectivity index is 1.89. The number of benzene rings is 1. The van der Waals surface area contributed by atoms with Gasteiger partial charge in [-0.1, -0.05) is 43.9 Å². The molecule has 1 aliphatic heterocycles. The van der Waals surface area contributed by atoms with Crippen molar-refractivity contribution in [3.05, 3.63) is 42.0 Å². The maximum atomic E-state index is 13.6. The third-order valence-corrected chi connectivity index (χ3v) is 8.29. The van der Waals surface area contributed by atoms with Crippen LogP contribution in [0.4, 0.5) is 4.79 Å². The normalized spacial score (nSPS) is 23.7. The van der Waals surface area contributed by atoms with Crippen LogP contribution in [0.25, 0.3) is 0 Å². The third kappa shape index (κ3) is 9.65. The van der Waals surface area contributed by atoms with Crippen molar-refractivity contribution in [2.24, 2.45) is 0 Å². The molecule has 0 radical (unpaired) electrons. The lowest BCUT2D eigenvalue weighted by molar-refractivity contribution is -0.125. The second kappa shape index (κ2) is 13.4. The van der Waals surface area contributed by atoms with Gasteiger partial charge >= 0.3 is 6.09 Å². The van der Waals surface area contributed by atoms with Crippen molar-refractivity contribution in [1.29, 1.82) is 0 Å². The largest absolute Gasteiger partial charge is 0.444 e. The lowest BCUT2D eigenvalue weighted by Gasteiger charge is -2.36. The Bertz CT molecular complexity index is 1150. The number of alkyl carbamates (subject to hydrolysis) is 1. The molecule has 1 aromatic carbocycles. The first kappa shape index (κ1) is 30.6. The van der Waals surface area contributed by atoms with Crippen molar-refractivity contribution in [3.63, 3.8) is 0 Å². The van der Waals surface area contributed by atoms with Gasteiger partial charge in [-0.05, 0) is 71.1 Å². The Morgan fingerprint density at radius 1 is 1.05 bits per heavy atom. The van der Waals surface area contributed by atoms with Gasteiger partial charge in [0.25, 0.3) is 5.91 Å². The minimum Gasteiger partial charge on any atom is -0.444 e. The SMILES string of the molecule is CC(C)(C)OC(=O)NC1CCC/C=C/CNS(=O)(=O)c2cccc(c2)C(=O)NCC2(CCCCCC2)NC1=O. The second-order valence-electron chi connectivity index (χ2n) is 11.3. The molecule has 1 unspecified atom stereocenters. The smallest absolute Gasteiger partial charge is 0.408 e. The van der Waals surface area contributed by atoms with E-state index in [-0.39, 0.29) is 29.5 Å². The summed E-state index contributed by atoms with van der Waals surface area (Å²) in [6.45, 7) is 5.55. The Kier molecular flexibility index (Phi) is 10.5. The standard InChI is InChI=1S/C28H42N4O6S/c1-27(2,3)38-26(35)31-23-15-8-4-7-11-18-30-39(36,37)22-14-12-13-21(19-22)24(33)29-20-28(32-25(23)34)16-9-5-6-10-17-28/h7,11-14,19,23,30H,4-6,8-10,15-18,20H2,1-3H3,(H,29,33)(H,31,35)(H,32,34)/b11-7+. The fourth-order valence-corrected chi connectivity index (χ4v) is 5.88. The van der Waals surface area contributed by atoms with Crippen LogP contribution >= 0.6 is 0 Å². The van der Waals surface area contributed by atoms with E-state index in [0.29, 0.717) is 32.1 Å². The van der Waals surface area contributed by atoms with Crippen molar-refractivity contribution in [2.45, 2.75) is 101 Å². The van der Waals surface area contributed by atoms with E-state index in [1.165, 1.54) is 18.2 Å². The Morgan fingerprint density at radius 3 is 2.46 bits per heavy atom. The van der Waals surface area contributed by atoms with Crippen LogP contribution in [0.3, 0.4) is 0 Å². The highest BCUT2D eigenvalue weighted by atomic mass is 32.2. The van der Waals surface area contributed by atoms with Gasteiger partial charge in [0, 0.05) is 18.7 Å². The summed E-state index contributed by atoms with van der Waals surface area (Å²) in [4.78, 5) is 39.3. The Hall–Kier alpha value is -2.92. The molecule has 1 spiro atoms. The van der Waals surface area contributed by atoms with Crippen molar-refractivity contribution in [2.75, 3.05) is 13.1 Å². The molecule has 2 bridgehead atoms. The molecule has 10 nitrogen and oxygen atoms in total. The lowest BCUT2D eigenvalue weighted by atomic mass is 9.89. The first-order valence-electron chi connectivity index (χ1n) is 13.7. The maximum absolute atomic E-state index is 13.6. The Morgan fingerprint density at radius 2 is 1.77 bits per heavy atom. The second-order valence-corrected chi connectivity index (χ2v) is 13.1. The number of hydrogen-bond acceptors (Lipinski definition) is 6. The van der Waals surface area contributed by atoms with Gasteiger partial charge in [0.2, 0.25) is 15.9 Å². The number of fused-ring (bicyclic) bond motifs is 2. The van der Waals surface area contributed by atoms with Crippen LogP contribution < -0.4 is 20.7 Å². The quantitative estimate of drug-likeness (QED) is 0.386. The molecule has 1 saturated carbocycles. The minimum absolute atomic E-state index is 0.0122. The zero-order valence-corrected chi connectivity index (χ0v) is 24.0. The van der Waals surface area contributed by atoms with E-state index >= 15 is 0 Å². The van der Waals surface area contributed by atoms with Crippen molar-refractivity contribution < 1.29 is 27.5 Å². The van der Waals surface area contributed by atoms with E-state index in [1.807, 2.05) is 6.08 Å². The van der Waals surface area contributed by atoms with Crippen molar-refractivity contribution in [3.8, 4) is 0 Å². The highest BCUT2D eigenvalue weighted by molar-refractivity contribution is 7.89. The number of amides is 3. The van der Waals surface area contributed by atoms with Crippen LogP contribution in [0, 0.1) is 0 Å². The third-order valence-electron chi connectivity index (χ3n) is 6.87. The maximum Gasteiger partial charge on any atom is 0.408 e. The van der Waals surface area contributed by atoms with Crippen LogP contribution in [0.2, 0.25) is 0 Å². The molecule has 2 aliphatic rings. The summed E-state index contributed by atoms with van der Waals surface area (Å²) < 4.78 is 33.4. The molecular weight excluding hydrogens is 520 g/mol. The van der Waals surface area contributed by atoms with Crippen LogP contribution in [0.1, 0.15) is 88.9 Å². The monoisotopic (exact) mass is 562 g/mol. The zero-order chi connectivity index (χ0) is 28.5. The van der Waals surface area contributed by atoms with Gasteiger partial charge in [-0.25, -0.2) is 17.9 Å². The molecule has 4 N–H and O–H groups in total. The molecule has 1 aliphatic carbocycles. The van der Waals surface area contributed by atoms with Gasteiger partial charge in [-0.15, -0.1) is 0 Å². The van der Waals surface area contributed by atoms with Crippen LogP contribution in [-0.2, 0) is 19.6 Å². The van der Waals surface area contributed by atoms with Gasteiger partial charge in [0.1, 0.15) is 11.6 Å². The number of carbonyl (C=O) groups is 3. The van der Waals surface area contributed by atoms with E-state index in [1.54, 1.807) is 32.9 Å². The van der Waals surface area contributed by atoms with Crippen LogP contribution in [0.15, 0.2) is 41.3 Å². The summed E-state index contributed by atoms with van der Waals surface area (Å²) in [5.41, 5.74) is -1.18. The molecule has 1 fully saturated rings. The first-order valence-corrected chi connectivity index (χ1v) is 15.2. The number of ether oxygens (including phenoxy) is 1. The van der Waals surface area contributed by atoms with Gasteiger partial charge < -0.3 is 20.7 Å². The van der Waals surface area contributed by atoms with E-state index in [2.05, 4.69) is 20.7 Å². The van der Waals surface area contributed by atoms with Gasteiger partial charge in [0.05, 0.1) is 10.4 Å². The molecule has 39 heavy (non-hydrogen) atoms. The van der Waals surface area contributed by atoms with E-state index in [9.17, 15) is 22.8 Å². The number of carbonyl (C=O) groups excluding carboxylic acids is 3. The molecule has 216 valence electrons. The first-order chi connectivity index (χ1) is 18.4. The predicted molar refractivity (Wildman–Crippen MR) is 149 cm³/mol. The highest BCUT2D eigenvalue weighted by Gasteiger charge is 2.36. The fourth-order valence-electron chi connectivity index (χ4n) is 4.86. The zero-order valence-electron chi connectivity index (χ0n) is 23.2. The highest BCUT2D eigenvalue weighted by Crippen LogP contribution is 2.27. The van der Waals surface area contributed by atoms with Crippen molar-refractivity contribution in [1.82, 2.24) is 20.7 Å². The van der Waals surface area contributed by atoms with E-state index in [4.69, 9.17) is 4.74 Å². The predicted octanol–water partition coefficient (Wildman–Crippen LogP) is 3.54. The Labute approximate surface area is 231 Å². The minimum atomic E-state index is -3.80. The number of allylic oxidation sites excluding steroid dienone is 1. The summed E-state index contributed by atoms with van der Waals surface area (Å²) in [5, 5.41) is 8.84. The van der Waals surface area contributed by atoms with E-state index in [0.717, 1.165) is 25.7 Å². The fraction of sp³-hybridized carbons (Fsp3) is 0.607. The van der Waals surface area contributed by atoms with Gasteiger partial charge in [0.15, 0.2) is 0 Å². The number of rotatable bonds is 1. The molecule has 3 amide bonds. The molecule has 1 aromatic rings. The summed E-state index contributed by atoms with van der Waals surface area (Å²) in [5.74, 6) is -0.730. The summed E-state index contributed by atoms with van der Waals surface area (Å²) in [6, 6.07) is 5.08. The number of hydrogen-bond donors (Lipinski definition) is 4. The molecule has 3 rings (SSSR count). The molecular formula is C28H42N4O6S. The molecule has 11 heteroatoms. The molecule has 1 heterocycles. The van der Waals surface area contributed by atoms with Crippen LogP contribution in [-0.4, -0.2) is 56.6 Å². The lowest BCUT2D eigenvalue weighted by Crippen LogP contribution is -2.60. The molecule has 0 saturated heterocycles.